The standard InChI is InChI=1S/C21H26N6O3/c1-21(2,13-28)12-23-19(29)15-6-7-16-18(24-15)27(14-8-10-26(16)11-14)20(30)25-17-5-3-4-9-22-17/h3-7,9,14,28H,8,10-13H2,1-2H3,(H,23,29)(H,22,25,30). The molecule has 0 aromatic carbocycles. The van der Waals surface area contributed by atoms with E-state index in [2.05, 4.69) is 25.5 Å². The Balaban J connectivity index is 1.60. The lowest BCUT2D eigenvalue weighted by Crippen LogP contribution is -2.48. The van der Waals surface area contributed by atoms with Gasteiger partial charge in [-0.15, -0.1) is 0 Å². The van der Waals surface area contributed by atoms with E-state index < -0.39 is 5.41 Å². The van der Waals surface area contributed by atoms with Gasteiger partial charge < -0.3 is 15.3 Å². The number of nitrogens with zero attached hydrogens (tertiary/aromatic N) is 4. The molecule has 1 fully saturated rings. The molecule has 1 saturated heterocycles. The number of hydrogen-bond acceptors (Lipinski definition) is 6. The first-order valence-corrected chi connectivity index (χ1v) is 10.0. The van der Waals surface area contributed by atoms with Gasteiger partial charge in [0.1, 0.15) is 11.5 Å². The first-order chi connectivity index (χ1) is 14.4. The minimum absolute atomic E-state index is 0.0136. The Morgan fingerprint density at radius 1 is 1.27 bits per heavy atom. The topological polar surface area (TPSA) is 111 Å². The zero-order valence-electron chi connectivity index (χ0n) is 17.1. The summed E-state index contributed by atoms with van der Waals surface area (Å²) in [5.74, 6) is 0.605. The number of aliphatic hydroxyl groups is 1. The third-order valence-corrected chi connectivity index (χ3v) is 5.46. The minimum atomic E-state index is -0.427. The molecule has 2 aromatic rings. The fourth-order valence-electron chi connectivity index (χ4n) is 3.67. The molecule has 3 amide bonds. The molecule has 2 bridgehead atoms. The average molecular weight is 410 g/mol. The van der Waals surface area contributed by atoms with Crippen LogP contribution in [0.5, 0.6) is 0 Å². The number of nitrogens with one attached hydrogen (secondary N) is 2. The van der Waals surface area contributed by atoms with Crippen molar-refractivity contribution >= 4 is 29.3 Å². The molecule has 4 rings (SSSR count). The summed E-state index contributed by atoms with van der Waals surface area (Å²) in [6, 6.07) is 8.51. The van der Waals surface area contributed by atoms with E-state index >= 15 is 0 Å². The van der Waals surface area contributed by atoms with Gasteiger partial charge in [-0.25, -0.2) is 14.8 Å². The van der Waals surface area contributed by atoms with Gasteiger partial charge in [0.25, 0.3) is 5.91 Å². The number of aromatic nitrogens is 2. The highest BCUT2D eigenvalue weighted by molar-refractivity contribution is 6.05. The Hall–Kier alpha value is -3.20. The molecule has 1 unspecified atom stereocenters. The van der Waals surface area contributed by atoms with Crippen LogP contribution in [0.3, 0.4) is 0 Å². The molecule has 30 heavy (non-hydrogen) atoms. The highest BCUT2D eigenvalue weighted by Crippen LogP contribution is 2.39. The summed E-state index contributed by atoms with van der Waals surface area (Å²) in [6.07, 6.45) is 2.45. The maximum Gasteiger partial charge on any atom is 0.329 e. The Bertz CT molecular complexity index is 949. The van der Waals surface area contributed by atoms with E-state index in [4.69, 9.17) is 0 Å². The molecular formula is C21H26N6O3. The number of urea groups is 1. The lowest BCUT2D eigenvalue weighted by atomic mass is 9.95. The van der Waals surface area contributed by atoms with Crippen molar-refractivity contribution in [2.24, 2.45) is 5.41 Å². The maximum atomic E-state index is 13.1. The fraction of sp³-hybridized carbons (Fsp3) is 0.429. The lowest BCUT2D eigenvalue weighted by Gasteiger charge is -2.35. The van der Waals surface area contributed by atoms with Gasteiger partial charge in [-0.1, -0.05) is 19.9 Å². The van der Waals surface area contributed by atoms with Crippen molar-refractivity contribution in [3.05, 3.63) is 42.2 Å². The van der Waals surface area contributed by atoms with Crippen LogP contribution in [0.2, 0.25) is 0 Å². The third kappa shape index (κ3) is 3.93. The van der Waals surface area contributed by atoms with Crippen LogP contribution >= 0.6 is 0 Å². The summed E-state index contributed by atoms with van der Waals surface area (Å²) in [6.45, 7) is 5.58. The van der Waals surface area contributed by atoms with Gasteiger partial charge in [0, 0.05) is 37.9 Å². The summed E-state index contributed by atoms with van der Waals surface area (Å²) in [5.41, 5.74) is 0.649. The van der Waals surface area contributed by atoms with Crippen molar-refractivity contribution in [3.8, 4) is 0 Å². The van der Waals surface area contributed by atoms with Crippen LogP contribution in [0.25, 0.3) is 0 Å². The number of carbonyl (C=O) groups excluding carboxylic acids is 2. The molecule has 0 saturated carbocycles. The summed E-state index contributed by atoms with van der Waals surface area (Å²) in [7, 11) is 0. The van der Waals surface area contributed by atoms with Gasteiger partial charge >= 0.3 is 6.03 Å². The Morgan fingerprint density at radius 3 is 2.83 bits per heavy atom. The van der Waals surface area contributed by atoms with E-state index in [9.17, 15) is 14.7 Å². The molecule has 9 nitrogen and oxygen atoms in total. The van der Waals surface area contributed by atoms with Crippen molar-refractivity contribution < 1.29 is 14.7 Å². The molecule has 0 radical (unpaired) electrons. The average Bonchev–Trinajstić information content (AvgIpc) is 3.16. The molecule has 2 aliphatic rings. The van der Waals surface area contributed by atoms with Gasteiger partial charge in [-0.3, -0.25) is 15.0 Å². The van der Waals surface area contributed by atoms with Crippen LogP contribution in [0.15, 0.2) is 36.5 Å². The number of pyridine rings is 2. The number of anilines is 3. The summed E-state index contributed by atoms with van der Waals surface area (Å²) < 4.78 is 0. The largest absolute Gasteiger partial charge is 0.396 e. The fourth-order valence-corrected chi connectivity index (χ4v) is 3.67. The van der Waals surface area contributed by atoms with Crippen LogP contribution in [0.4, 0.5) is 22.1 Å². The summed E-state index contributed by atoms with van der Waals surface area (Å²) >= 11 is 0. The second kappa shape index (κ2) is 7.91. The predicted molar refractivity (Wildman–Crippen MR) is 114 cm³/mol. The lowest BCUT2D eigenvalue weighted by molar-refractivity contribution is 0.0906. The van der Waals surface area contributed by atoms with Crippen molar-refractivity contribution in [2.75, 3.05) is 41.4 Å². The van der Waals surface area contributed by atoms with E-state index in [1.807, 2.05) is 19.9 Å². The van der Waals surface area contributed by atoms with Crippen molar-refractivity contribution in [2.45, 2.75) is 26.3 Å². The Morgan fingerprint density at radius 2 is 2.10 bits per heavy atom. The smallest absolute Gasteiger partial charge is 0.329 e. The zero-order chi connectivity index (χ0) is 21.3. The molecule has 4 heterocycles. The van der Waals surface area contributed by atoms with Crippen LogP contribution in [0.1, 0.15) is 30.8 Å². The molecule has 1 atom stereocenters. The molecular weight excluding hydrogens is 384 g/mol. The highest BCUT2D eigenvalue weighted by atomic mass is 16.3. The van der Waals surface area contributed by atoms with Gasteiger partial charge in [0.2, 0.25) is 0 Å². The van der Waals surface area contributed by atoms with E-state index in [1.54, 1.807) is 35.4 Å². The number of amides is 3. The van der Waals surface area contributed by atoms with Gasteiger partial charge in [0.15, 0.2) is 5.82 Å². The normalized spacial score (nSPS) is 17.5. The number of fused-ring (bicyclic) bond motifs is 4. The quantitative estimate of drug-likeness (QED) is 0.694. The molecule has 0 spiro atoms. The third-order valence-electron chi connectivity index (χ3n) is 5.46. The van der Waals surface area contributed by atoms with Crippen LogP contribution in [-0.4, -0.2) is 59.3 Å². The molecule has 9 heteroatoms. The van der Waals surface area contributed by atoms with Crippen LogP contribution < -0.4 is 20.4 Å². The van der Waals surface area contributed by atoms with Gasteiger partial charge in [-0.2, -0.15) is 0 Å². The number of carbonyl (C=O) groups is 2. The number of aliphatic hydroxyl groups excluding tert-OH is 1. The Kier molecular flexibility index (Phi) is 5.29. The predicted octanol–water partition coefficient (Wildman–Crippen LogP) is 1.86. The second-order valence-corrected chi connectivity index (χ2v) is 8.45. The Labute approximate surface area is 175 Å². The molecule has 3 N–H and O–H groups in total. The van der Waals surface area contributed by atoms with Crippen LogP contribution in [-0.2, 0) is 0 Å². The zero-order valence-corrected chi connectivity index (χ0v) is 17.1. The summed E-state index contributed by atoms with van der Waals surface area (Å²) in [4.78, 5) is 38.3. The van der Waals surface area contributed by atoms with Crippen molar-refractivity contribution in [1.82, 2.24) is 15.3 Å². The minimum Gasteiger partial charge on any atom is -0.396 e. The molecule has 0 aliphatic carbocycles. The van der Waals surface area contributed by atoms with Crippen molar-refractivity contribution in [1.29, 1.82) is 0 Å². The van der Waals surface area contributed by atoms with E-state index in [-0.39, 0.29) is 30.3 Å². The highest BCUT2D eigenvalue weighted by Gasteiger charge is 2.40. The molecule has 158 valence electrons. The van der Waals surface area contributed by atoms with Crippen molar-refractivity contribution in [3.63, 3.8) is 0 Å². The van der Waals surface area contributed by atoms with E-state index in [1.165, 1.54) is 0 Å². The maximum absolute atomic E-state index is 13.1. The number of hydrogen-bond donors (Lipinski definition) is 3. The first kappa shape index (κ1) is 20.1. The molecule has 2 aromatic heterocycles. The van der Waals surface area contributed by atoms with Gasteiger partial charge in [0.05, 0.1) is 11.7 Å². The van der Waals surface area contributed by atoms with E-state index in [0.717, 1.165) is 25.2 Å². The number of rotatable bonds is 5. The summed E-state index contributed by atoms with van der Waals surface area (Å²) in [5, 5.41) is 15.0. The van der Waals surface area contributed by atoms with E-state index in [0.29, 0.717) is 18.2 Å². The van der Waals surface area contributed by atoms with Gasteiger partial charge in [-0.05, 0) is 30.7 Å². The monoisotopic (exact) mass is 410 g/mol. The molecule has 2 aliphatic heterocycles. The SMILES string of the molecule is CC(C)(CO)CNC(=O)c1ccc2c(n1)N(C(=O)Nc1ccccn1)C1CCN2C1. The van der Waals surface area contributed by atoms with Crippen LogP contribution in [0, 0.1) is 5.41 Å². The first-order valence-electron chi connectivity index (χ1n) is 10.0. The second-order valence-electron chi connectivity index (χ2n) is 8.45.